The molecule has 4 rings (SSSR count). The van der Waals surface area contributed by atoms with Gasteiger partial charge in [-0.05, 0) is 31.2 Å². The normalized spacial score (nSPS) is 20.5. The highest BCUT2D eigenvalue weighted by molar-refractivity contribution is 6.10. The SMILES string of the molecule is CNC[C@@H]1OCc2ccccc2-c2c(n(C)c3ccccc23)C(=O)N([C@@H](C)CO)C[C@@H]1C. The van der Waals surface area contributed by atoms with Crippen LogP contribution < -0.4 is 5.32 Å². The van der Waals surface area contributed by atoms with Gasteiger partial charge in [-0.2, -0.15) is 0 Å². The van der Waals surface area contributed by atoms with Crippen LogP contribution in [0.1, 0.15) is 29.9 Å². The summed E-state index contributed by atoms with van der Waals surface area (Å²) in [6.45, 7) is 5.58. The zero-order valence-electron chi connectivity index (χ0n) is 19.3. The van der Waals surface area contributed by atoms with Crippen LogP contribution in [0, 0.1) is 5.92 Å². The molecule has 1 aliphatic rings. The summed E-state index contributed by atoms with van der Waals surface area (Å²) >= 11 is 0. The lowest BCUT2D eigenvalue weighted by atomic mass is 9.96. The number of carbonyl (C=O) groups excluding carboxylic acids is 1. The van der Waals surface area contributed by atoms with E-state index >= 15 is 0 Å². The lowest BCUT2D eigenvalue weighted by Crippen LogP contribution is -2.47. The first-order valence-corrected chi connectivity index (χ1v) is 11.3. The molecule has 0 fully saturated rings. The van der Waals surface area contributed by atoms with Gasteiger partial charge in [0, 0.05) is 42.5 Å². The van der Waals surface area contributed by atoms with Crippen LogP contribution in [0.15, 0.2) is 48.5 Å². The predicted molar refractivity (Wildman–Crippen MR) is 128 cm³/mol. The van der Waals surface area contributed by atoms with E-state index in [0.717, 1.165) is 27.6 Å². The zero-order valence-corrected chi connectivity index (χ0v) is 19.3. The van der Waals surface area contributed by atoms with E-state index in [9.17, 15) is 9.90 Å². The molecule has 6 nitrogen and oxygen atoms in total. The molecule has 0 saturated heterocycles. The third kappa shape index (κ3) is 3.94. The highest BCUT2D eigenvalue weighted by Gasteiger charge is 2.33. The topological polar surface area (TPSA) is 66.7 Å². The second-order valence-corrected chi connectivity index (χ2v) is 8.83. The highest BCUT2D eigenvalue weighted by atomic mass is 16.5. The number of ether oxygens (including phenoxy) is 1. The predicted octanol–water partition coefficient (Wildman–Crippen LogP) is 3.42. The molecule has 3 aromatic rings. The van der Waals surface area contributed by atoms with Crippen molar-refractivity contribution in [3.05, 3.63) is 59.8 Å². The molecule has 0 aliphatic carbocycles. The Hall–Kier alpha value is -2.67. The van der Waals surface area contributed by atoms with Crippen molar-refractivity contribution in [1.82, 2.24) is 14.8 Å². The van der Waals surface area contributed by atoms with Gasteiger partial charge >= 0.3 is 0 Å². The van der Waals surface area contributed by atoms with Crippen LogP contribution in [0.4, 0.5) is 0 Å². The molecule has 2 aromatic carbocycles. The molecule has 32 heavy (non-hydrogen) atoms. The summed E-state index contributed by atoms with van der Waals surface area (Å²) in [6, 6.07) is 16.0. The molecule has 170 valence electrons. The molecule has 0 bridgehead atoms. The Morgan fingerprint density at radius 1 is 1.19 bits per heavy atom. The Labute approximate surface area is 189 Å². The van der Waals surface area contributed by atoms with E-state index in [-0.39, 0.29) is 30.6 Å². The molecule has 1 amide bonds. The highest BCUT2D eigenvalue weighted by Crippen LogP contribution is 2.38. The largest absolute Gasteiger partial charge is 0.394 e. The first-order valence-electron chi connectivity index (χ1n) is 11.3. The number of aryl methyl sites for hydroxylation is 1. The molecular formula is C26H33N3O3. The van der Waals surface area contributed by atoms with Crippen molar-refractivity contribution in [1.29, 1.82) is 0 Å². The summed E-state index contributed by atoms with van der Waals surface area (Å²) in [6.07, 6.45) is -0.0628. The van der Waals surface area contributed by atoms with E-state index < -0.39 is 0 Å². The fourth-order valence-corrected chi connectivity index (χ4v) is 4.75. The smallest absolute Gasteiger partial charge is 0.271 e. The summed E-state index contributed by atoms with van der Waals surface area (Å²) in [4.78, 5) is 15.9. The molecule has 3 atom stereocenters. The number of rotatable bonds is 4. The number of para-hydroxylation sites is 1. The second-order valence-electron chi connectivity index (χ2n) is 8.83. The third-order valence-electron chi connectivity index (χ3n) is 6.63. The molecular weight excluding hydrogens is 402 g/mol. The van der Waals surface area contributed by atoms with Crippen molar-refractivity contribution >= 4 is 16.8 Å². The summed E-state index contributed by atoms with van der Waals surface area (Å²) < 4.78 is 8.41. The van der Waals surface area contributed by atoms with Crippen LogP contribution in [0.2, 0.25) is 0 Å². The lowest BCUT2D eigenvalue weighted by Gasteiger charge is -2.33. The maximum Gasteiger partial charge on any atom is 0.271 e. The van der Waals surface area contributed by atoms with E-state index in [2.05, 4.69) is 30.4 Å². The number of amides is 1. The van der Waals surface area contributed by atoms with E-state index in [0.29, 0.717) is 25.4 Å². The molecule has 0 unspecified atom stereocenters. The Morgan fingerprint density at radius 2 is 1.91 bits per heavy atom. The standard InChI is InChI=1S/C26H33N3O3/c1-17-14-29(18(2)15-30)26(31)25-24(21-11-7-8-12-22(21)28(25)4)20-10-6-5-9-19(20)16-32-23(17)13-27-3/h5-12,17-18,23,27,30H,13-16H2,1-4H3/t17-,18-,23-/m0/s1. The molecule has 1 aliphatic heterocycles. The number of nitrogens with one attached hydrogen (secondary N) is 1. The third-order valence-corrected chi connectivity index (χ3v) is 6.63. The zero-order chi connectivity index (χ0) is 22.8. The van der Waals surface area contributed by atoms with Crippen molar-refractivity contribution in [2.75, 3.05) is 26.7 Å². The first-order chi connectivity index (χ1) is 15.5. The number of hydrogen-bond donors (Lipinski definition) is 2. The van der Waals surface area contributed by atoms with Gasteiger partial charge < -0.3 is 24.6 Å². The minimum atomic E-state index is -0.304. The number of benzene rings is 2. The average molecular weight is 436 g/mol. The number of hydrogen-bond acceptors (Lipinski definition) is 4. The molecule has 0 spiro atoms. The summed E-state index contributed by atoms with van der Waals surface area (Å²) in [5.41, 5.74) is 4.67. The molecule has 6 heteroatoms. The Bertz CT molecular complexity index is 1110. The van der Waals surface area contributed by atoms with E-state index in [1.807, 2.05) is 60.8 Å². The van der Waals surface area contributed by atoms with Gasteiger partial charge in [0.05, 0.1) is 25.4 Å². The van der Waals surface area contributed by atoms with Crippen LogP contribution in [0.3, 0.4) is 0 Å². The van der Waals surface area contributed by atoms with Crippen LogP contribution in [0.5, 0.6) is 0 Å². The van der Waals surface area contributed by atoms with Crippen LogP contribution in [-0.2, 0) is 18.4 Å². The summed E-state index contributed by atoms with van der Waals surface area (Å²) in [5.74, 6) is 0.0239. The van der Waals surface area contributed by atoms with Crippen molar-refractivity contribution < 1.29 is 14.6 Å². The van der Waals surface area contributed by atoms with Crippen molar-refractivity contribution in [2.24, 2.45) is 13.0 Å². The van der Waals surface area contributed by atoms with Gasteiger partial charge in [-0.3, -0.25) is 4.79 Å². The Morgan fingerprint density at radius 3 is 2.66 bits per heavy atom. The quantitative estimate of drug-likeness (QED) is 0.659. The van der Waals surface area contributed by atoms with E-state index in [1.54, 1.807) is 0 Å². The maximum atomic E-state index is 14.1. The van der Waals surface area contributed by atoms with Crippen LogP contribution >= 0.6 is 0 Å². The molecule has 0 saturated carbocycles. The fraction of sp³-hybridized carbons (Fsp3) is 0.423. The lowest BCUT2D eigenvalue weighted by molar-refractivity contribution is -0.00658. The van der Waals surface area contributed by atoms with Crippen LogP contribution in [0.25, 0.3) is 22.0 Å². The monoisotopic (exact) mass is 435 g/mol. The van der Waals surface area contributed by atoms with Gasteiger partial charge in [-0.15, -0.1) is 0 Å². The summed E-state index contributed by atoms with van der Waals surface area (Å²) in [7, 11) is 3.86. The maximum absolute atomic E-state index is 14.1. The number of fused-ring (bicyclic) bond motifs is 5. The van der Waals surface area contributed by atoms with E-state index in [4.69, 9.17) is 4.74 Å². The molecule has 2 N–H and O–H groups in total. The van der Waals surface area contributed by atoms with Crippen molar-refractivity contribution in [3.63, 3.8) is 0 Å². The van der Waals surface area contributed by atoms with Gasteiger partial charge in [0.15, 0.2) is 0 Å². The number of aliphatic hydroxyl groups is 1. The minimum Gasteiger partial charge on any atom is -0.394 e. The number of aromatic nitrogens is 1. The summed E-state index contributed by atoms with van der Waals surface area (Å²) in [5, 5.41) is 14.2. The molecule has 2 heterocycles. The fourth-order valence-electron chi connectivity index (χ4n) is 4.75. The van der Waals surface area contributed by atoms with Crippen LogP contribution in [-0.4, -0.2) is 59.4 Å². The number of likely N-dealkylation sites (N-methyl/N-ethyl adjacent to an activating group) is 1. The van der Waals surface area contributed by atoms with E-state index in [1.165, 1.54) is 0 Å². The van der Waals surface area contributed by atoms with Gasteiger partial charge in [0.2, 0.25) is 0 Å². The van der Waals surface area contributed by atoms with Gasteiger partial charge in [0.25, 0.3) is 5.91 Å². The van der Waals surface area contributed by atoms with Gasteiger partial charge in [-0.1, -0.05) is 49.4 Å². The minimum absolute atomic E-state index is 0.0628. The van der Waals surface area contributed by atoms with Gasteiger partial charge in [-0.25, -0.2) is 0 Å². The Balaban J connectivity index is 1.99. The number of aliphatic hydroxyl groups excluding tert-OH is 1. The van der Waals surface area contributed by atoms with Gasteiger partial charge in [0.1, 0.15) is 5.69 Å². The molecule has 1 aromatic heterocycles. The number of nitrogens with zero attached hydrogens (tertiary/aromatic N) is 2. The van der Waals surface area contributed by atoms with Crippen molar-refractivity contribution in [2.45, 2.75) is 32.6 Å². The van der Waals surface area contributed by atoms with Crippen molar-refractivity contribution in [3.8, 4) is 11.1 Å². The average Bonchev–Trinajstić information content (AvgIpc) is 3.10. The number of carbonyl (C=O) groups is 1. The molecule has 0 radical (unpaired) electrons. The second kappa shape index (κ2) is 9.45. The first kappa shape index (κ1) is 22.5. The Kier molecular flexibility index (Phi) is 6.65.